The minimum Gasteiger partial charge on any atom is -0.493 e. The van der Waals surface area contributed by atoms with Gasteiger partial charge in [0.25, 0.3) is 5.69 Å². The molecule has 2 aromatic rings. The van der Waals surface area contributed by atoms with Crippen molar-refractivity contribution < 1.29 is 28.7 Å². The molecule has 3 rings (SSSR count). The number of ether oxygens (including phenoxy) is 3. The lowest BCUT2D eigenvalue weighted by Gasteiger charge is -2.11. The van der Waals surface area contributed by atoms with E-state index in [2.05, 4.69) is 4.99 Å². The molecule has 0 bridgehead atoms. The molecule has 1 heterocycles. The van der Waals surface area contributed by atoms with E-state index in [0.717, 1.165) is 6.07 Å². The summed E-state index contributed by atoms with van der Waals surface area (Å²) in [5.41, 5.74) is 0.603. The van der Waals surface area contributed by atoms with Crippen LogP contribution in [0.1, 0.15) is 18.1 Å². The second kappa shape index (κ2) is 8.79. The second-order valence-electron chi connectivity index (χ2n) is 5.89. The molecule has 0 spiro atoms. The van der Waals surface area contributed by atoms with Crippen LogP contribution in [0.4, 0.5) is 5.69 Å². The van der Waals surface area contributed by atoms with Crippen LogP contribution in [0.2, 0.25) is 5.02 Å². The topological polar surface area (TPSA) is 117 Å². The van der Waals surface area contributed by atoms with Gasteiger partial charge in [-0.15, -0.1) is 0 Å². The molecule has 0 amide bonds. The fourth-order valence-corrected chi connectivity index (χ4v) is 3.53. The summed E-state index contributed by atoms with van der Waals surface area (Å²) >= 11 is 8.05. The second-order valence-corrected chi connectivity index (χ2v) is 7.45. The van der Waals surface area contributed by atoms with E-state index in [4.69, 9.17) is 25.8 Å². The standard InChI is InChI=1S/C19H12ClIN2O7/c1-9(24)29-17-14(21)5-10(7-16(17)28-2)6-15-19(25)30-18(22-15)12-4-3-11(23(26)27)8-13(12)20/h3-8H,1-2H3/b15-6-. The van der Waals surface area contributed by atoms with E-state index in [0.29, 0.717) is 14.9 Å². The molecule has 30 heavy (non-hydrogen) atoms. The molecule has 0 unspecified atom stereocenters. The van der Waals surface area contributed by atoms with Crippen molar-refractivity contribution in [3.63, 3.8) is 0 Å². The smallest absolute Gasteiger partial charge is 0.363 e. The van der Waals surface area contributed by atoms with E-state index < -0.39 is 16.9 Å². The first-order valence-electron chi connectivity index (χ1n) is 8.22. The summed E-state index contributed by atoms with van der Waals surface area (Å²) in [5.74, 6) is -0.700. The van der Waals surface area contributed by atoms with Crippen molar-refractivity contribution in [3.8, 4) is 11.5 Å². The molecule has 1 aliphatic heterocycles. The van der Waals surface area contributed by atoms with Crippen molar-refractivity contribution in [3.05, 3.63) is 65.9 Å². The fraction of sp³-hybridized carbons (Fsp3) is 0.105. The Hall–Kier alpha value is -2.99. The summed E-state index contributed by atoms with van der Waals surface area (Å²) in [4.78, 5) is 37.9. The summed E-state index contributed by atoms with van der Waals surface area (Å²) in [5, 5.41) is 10.9. The number of hydrogen-bond donors (Lipinski definition) is 0. The SMILES string of the molecule is COc1cc(/C=C2\N=C(c3ccc([N+](=O)[O-])cc3Cl)OC2=O)cc(I)c1OC(C)=O. The lowest BCUT2D eigenvalue weighted by Crippen LogP contribution is -2.06. The van der Waals surface area contributed by atoms with Gasteiger partial charge < -0.3 is 14.2 Å². The van der Waals surface area contributed by atoms with Gasteiger partial charge in [-0.1, -0.05) is 11.6 Å². The van der Waals surface area contributed by atoms with E-state index in [1.54, 1.807) is 12.1 Å². The molecule has 11 heteroatoms. The number of benzene rings is 2. The highest BCUT2D eigenvalue weighted by molar-refractivity contribution is 14.1. The molecule has 0 N–H and O–H groups in total. The molecular weight excluding hydrogens is 531 g/mol. The average molecular weight is 543 g/mol. The largest absolute Gasteiger partial charge is 0.493 e. The monoisotopic (exact) mass is 542 g/mol. The first-order valence-corrected chi connectivity index (χ1v) is 9.68. The normalized spacial score (nSPS) is 14.3. The Morgan fingerprint density at radius 3 is 2.67 bits per heavy atom. The third kappa shape index (κ3) is 4.60. The van der Waals surface area contributed by atoms with E-state index in [9.17, 15) is 19.7 Å². The minimum atomic E-state index is -0.711. The number of carbonyl (C=O) groups excluding carboxylic acids is 2. The number of cyclic esters (lactones) is 1. The van der Waals surface area contributed by atoms with Crippen LogP contribution in [0.15, 0.2) is 41.0 Å². The number of nitro groups is 1. The quantitative estimate of drug-likeness (QED) is 0.139. The van der Waals surface area contributed by atoms with Gasteiger partial charge in [0.05, 0.1) is 26.2 Å². The zero-order chi connectivity index (χ0) is 22.0. The molecule has 0 saturated carbocycles. The molecule has 0 atom stereocenters. The van der Waals surface area contributed by atoms with Gasteiger partial charge in [0.2, 0.25) is 5.90 Å². The number of non-ortho nitro benzene ring substituents is 1. The van der Waals surface area contributed by atoms with Gasteiger partial charge >= 0.3 is 11.9 Å². The Kier molecular flexibility index (Phi) is 6.37. The molecule has 9 nitrogen and oxygen atoms in total. The van der Waals surface area contributed by atoms with Crippen LogP contribution in [0.5, 0.6) is 11.5 Å². The number of nitro benzene ring substituents is 1. The summed E-state index contributed by atoms with van der Waals surface area (Å²) in [6, 6.07) is 6.99. The highest BCUT2D eigenvalue weighted by atomic mass is 127. The molecule has 0 aromatic heterocycles. The molecule has 154 valence electrons. The van der Waals surface area contributed by atoms with Gasteiger partial charge in [-0.3, -0.25) is 14.9 Å². The number of nitrogens with zero attached hydrogens (tertiary/aromatic N) is 2. The highest BCUT2D eigenvalue weighted by Gasteiger charge is 2.27. The first-order chi connectivity index (χ1) is 14.2. The predicted octanol–water partition coefficient (Wildman–Crippen LogP) is 4.13. The summed E-state index contributed by atoms with van der Waals surface area (Å²) in [6.07, 6.45) is 1.47. The number of carbonyl (C=O) groups is 2. The molecule has 0 aliphatic carbocycles. The van der Waals surface area contributed by atoms with Crippen molar-refractivity contribution in [1.82, 2.24) is 0 Å². The lowest BCUT2D eigenvalue weighted by molar-refractivity contribution is -0.384. The molecule has 2 aromatic carbocycles. The van der Waals surface area contributed by atoms with E-state index >= 15 is 0 Å². The number of esters is 2. The zero-order valence-electron chi connectivity index (χ0n) is 15.5. The molecule has 1 aliphatic rings. The van der Waals surface area contributed by atoms with Crippen molar-refractivity contribution in [2.75, 3.05) is 7.11 Å². The van der Waals surface area contributed by atoms with Gasteiger partial charge in [0, 0.05) is 19.1 Å². The predicted molar refractivity (Wildman–Crippen MR) is 116 cm³/mol. The average Bonchev–Trinajstić information content (AvgIpc) is 3.03. The van der Waals surface area contributed by atoms with Gasteiger partial charge in [-0.05, 0) is 52.4 Å². The Labute approximate surface area is 188 Å². The number of rotatable bonds is 5. The summed E-state index contributed by atoms with van der Waals surface area (Å²) < 4.78 is 16.2. The van der Waals surface area contributed by atoms with Gasteiger partial charge in [-0.2, -0.15) is 0 Å². The highest BCUT2D eigenvalue weighted by Crippen LogP contribution is 2.35. The number of hydrogen-bond acceptors (Lipinski definition) is 8. The summed E-state index contributed by atoms with van der Waals surface area (Å²) in [6.45, 7) is 1.28. The lowest BCUT2D eigenvalue weighted by atomic mass is 10.1. The molecule has 0 fully saturated rings. The summed E-state index contributed by atoms with van der Waals surface area (Å²) in [7, 11) is 1.42. The van der Waals surface area contributed by atoms with Crippen LogP contribution >= 0.6 is 34.2 Å². The van der Waals surface area contributed by atoms with Crippen molar-refractivity contribution in [2.24, 2.45) is 4.99 Å². The Bertz CT molecular complexity index is 1140. The fourth-order valence-electron chi connectivity index (χ4n) is 2.54. The maximum absolute atomic E-state index is 12.2. The van der Waals surface area contributed by atoms with E-state index in [1.165, 1.54) is 32.2 Å². The van der Waals surface area contributed by atoms with Crippen molar-refractivity contribution >= 4 is 63.8 Å². The minimum absolute atomic E-state index is 0.00231. The molecular formula is C19H12ClIN2O7. The van der Waals surface area contributed by atoms with Crippen LogP contribution in [0, 0.1) is 13.7 Å². The van der Waals surface area contributed by atoms with E-state index in [1.807, 2.05) is 22.6 Å². The first kappa shape index (κ1) is 21.7. The van der Waals surface area contributed by atoms with Crippen LogP contribution in [-0.2, 0) is 14.3 Å². The van der Waals surface area contributed by atoms with Gasteiger partial charge in [0.15, 0.2) is 17.2 Å². The van der Waals surface area contributed by atoms with Crippen LogP contribution in [0.3, 0.4) is 0 Å². The third-order valence-electron chi connectivity index (χ3n) is 3.82. The van der Waals surface area contributed by atoms with Crippen LogP contribution in [-0.4, -0.2) is 29.9 Å². The Balaban J connectivity index is 1.97. The molecule has 0 radical (unpaired) electrons. The number of aliphatic imine (C=N–C) groups is 1. The maximum Gasteiger partial charge on any atom is 0.363 e. The van der Waals surface area contributed by atoms with Crippen molar-refractivity contribution in [2.45, 2.75) is 6.92 Å². The maximum atomic E-state index is 12.2. The van der Waals surface area contributed by atoms with E-state index in [-0.39, 0.29) is 33.6 Å². The number of methoxy groups -OCH3 is 1. The van der Waals surface area contributed by atoms with Crippen LogP contribution in [0.25, 0.3) is 6.08 Å². The third-order valence-corrected chi connectivity index (χ3v) is 4.93. The number of halogens is 2. The van der Waals surface area contributed by atoms with Crippen LogP contribution < -0.4 is 9.47 Å². The van der Waals surface area contributed by atoms with Gasteiger partial charge in [0.1, 0.15) is 0 Å². The Morgan fingerprint density at radius 1 is 1.33 bits per heavy atom. The molecule has 0 saturated heterocycles. The van der Waals surface area contributed by atoms with Crippen molar-refractivity contribution in [1.29, 1.82) is 0 Å². The van der Waals surface area contributed by atoms with Gasteiger partial charge in [-0.25, -0.2) is 9.79 Å². The zero-order valence-corrected chi connectivity index (χ0v) is 18.4. The Morgan fingerprint density at radius 2 is 2.07 bits per heavy atom.